The zero-order valence-electron chi connectivity index (χ0n) is 17.1. The molecule has 0 bridgehead atoms. The third kappa shape index (κ3) is 3.94. The van der Waals surface area contributed by atoms with Gasteiger partial charge in [-0.25, -0.2) is 13.4 Å². The molecule has 0 aliphatic carbocycles. The van der Waals surface area contributed by atoms with Crippen LogP contribution in [0, 0.1) is 0 Å². The highest BCUT2D eigenvalue weighted by atomic mass is 32.2. The molecule has 32 heavy (non-hydrogen) atoms. The molecular formula is C23H19N3O5S. The summed E-state index contributed by atoms with van der Waals surface area (Å²) in [5.41, 5.74) is 2.85. The van der Waals surface area contributed by atoms with Crippen LogP contribution in [0.3, 0.4) is 0 Å². The summed E-state index contributed by atoms with van der Waals surface area (Å²) in [5.74, 6) is 1.31. The third-order valence-electron chi connectivity index (χ3n) is 5.23. The summed E-state index contributed by atoms with van der Waals surface area (Å²) in [6.07, 6.45) is 3.31. The maximum Gasteiger partial charge on any atom is 0.306 e. The minimum atomic E-state index is -3.31. The van der Waals surface area contributed by atoms with Crippen LogP contribution in [0.2, 0.25) is 0 Å². The molecule has 1 aliphatic heterocycles. The molecule has 0 radical (unpaired) electrons. The number of aromatic amines is 1. The number of H-pyrrole nitrogens is 1. The molecule has 0 spiro atoms. The average molecular weight is 449 g/mol. The first-order chi connectivity index (χ1) is 15.4. The number of esters is 1. The molecule has 1 N–H and O–H groups in total. The van der Waals surface area contributed by atoms with E-state index in [9.17, 15) is 13.2 Å². The molecule has 1 aliphatic rings. The van der Waals surface area contributed by atoms with E-state index >= 15 is 0 Å². The number of sulfone groups is 1. The Labute approximate surface area is 184 Å². The first kappa shape index (κ1) is 20.2. The van der Waals surface area contributed by atoms with Gasteiger partial charge in [0, 0.05) is 30.5 Å². The van der Waals surface area contributed by atoms with E-state index in [1.807, 2.05) is 24.3 Å². The summed E-state index contributed by atoms with van der Waals surface area (Å²) in [6, 6.07) is 15.4. The molecule has 1 saturated heterocycles. The highest BCUT2D eigenvalue weighted by Crippen LogP contribution is 2.39. The highest BCUT2D eigenvalue weighted by molar-refractivity contribution is 7.90. The molecule has 0 amide bonds. The molecule has 1 unspecified atom stereocenters. The number of nitrogens with zero attached hydrogens (tertiary/aromatic N) is 2. The summed E-state index contributed by atoms with van der Waals surface area (Å²) in [4.78, 5) is 24.2. The maximum atomic E-state index is 11.7. The SMILES string of the molecule is CS(=O)(=O)c1ccc(Oc2cc3nc(-c4ccccn4)[nH]c3cc2C2CCC(=O)O2)cc1. The monoisotopic (exact) mass is 449 g/mol. The molecule has 1 atom stereocenters. The van der Waals surface area contributed by atoms with E-state index < -0.39 is 15.9 Å². The number of carbonyl (C=O) groups is 1. The largest absolute Gasteiger partial charge is 0.457 e. The molecule has 0 saturated carbocycles. The number of hydrogen-bond donors (Lipinski definition) is 1. The molecule has 2 aromatic heterocycles. The molecule has 5 rings (SSSR count). The zero-order valence-corrected chi connectivity index (χ0v) is 17.9. The van der Waals surface area contributed by atoms with Crippen LogP contribution < -0.4 is 4.74 Å². The summed E-state index contributed by atoms with van der Waals surface area (Å²) >= 11 is 0. The van der Waals surface area contributed by atoms with E-state index in [-0.39, 0.29) is 10.9 Å². The van der Waals surface area contributed by atoms with Gasteiger partial charge in [0.2, 0.25) is 0 Å². The van der Waals surface area contributed by atoms with E-state index in [1.165, 1.54) is 12.1 Å². The van der Waals surface area contributed by atoms with Crippen molar-refractivity contribution in [1.29, 1.82) is 0 Å². The molecule has 162 valence electrons. The Morgan fingerprint density at radius 3 is 2.59 bits per heavy atom. The zero-order chi connectivity index (χ0) is 22.3. The van der Waals surface area contributed by atoms with Gasteiger partial charge in [-0.05, 0) is 48.9 Å². The van der Waals surface area contributed by atoms with Gasteiger partial charge in [-0.2, -0.15) is 0 Å². The molecule has 9 heteroatoms. The van der Waals surface area contributed by atoms with Gasteiger partial charge < -0.3 is 14.5 Å². The second-order valence-electron chi connectivity index (χ2n) is 7.57. The average Bonchev–Trinajstić information content (AvgIpc) is 3.39. The fourth-order valence-electron chi connectivity index (χ4n) is 3.64. The number of carbonyl (C=O) groups excluding carboxylic acids is 1. The number of imidazole rings is 1. The number of hydrogen-bond acceptors (Lipinski definition) is 7. The topological polar surface area (TPSA) is 111 Å². The molecule has 8 nitrogen and oxygen atoms in total. The van der Waals surface area contributed by atoms with E-state index in [2.05, 4.69) is 15.0 Å². The van der Waals surface area contributed by atoms with Crippen LogP contribution in [-0.2, 0) is 19.4 Å². The van der Waals surface area contributed by atoms with Crippen LogP contribution in [0.15, 0.2) is 65.7 Å². The molecule has 4 aromatic rings. The van der Waals surface area contributed by atoms with Gasteiger partial charge in [0.1, 0.15) is 23.3 Å². The van der Waals surface area contributed by atoms with Gasteiger partial charge in [0.25, 0.3) is 0 Å². The van der Waals surface area contributed by atoms with Crippen molar-refractivity contribution in [2.24, 2.45) is 0 Å². The van der Waals surface area contributed by atoms with E-state index in [4.69, 9.17) is 9.47 Å². The smallest absolute Gasteiger partial charge is 0.306 e. The lowest BCUT2D eigenvalue weighted by atomic mass is 10.0. The maximum absolute atomic E-state index is 11.7. The van der Waals surface area contributed by atoms with E-state index in [1.54, 1.807) is 24.4 Å². The molecule has 3 heterocycles. The fraction of sp³-hybridized carbons (Fsp3) is 0.174. The number of benzene rings is 2. The van der Waals surface area contributed by atoms with Crippen LogP contribution in [0.25, 0.3) is 22.6 Å². The number of cyclic esters (lactones) is 1. The van der Waals surface area contributed by atoms with Crippen LogP contribution in [0.5, 0.6) is 11.5 Å². The second-order valence-corrected chi connectivity index (χ2v) is 9.59. The predicted molar refractivity (Wildman–Crippen MR) is 117 cm³/mol. The third-order valence-corrected chi connectivity index (χ3v) is 6.36. The van der Waals surface area contributed by atoms with Crippen LogP contribution in [0.4, 0.5) is 0 Å². The summed E-state index contributed by atoms with van der Waals surface area (Å²) in [6.45, 7) is 0. The Bertz CT molecular complexity index is 1410. The first-order valence-electron chi connectivity index (χ1n) is 9.99. The van der Waals surface area contributed by atoms with Crippen LogP contribution in [0.1, 0.15) is 24.5 Å². The second kappa shape index (κ2) is 7.76. The number of aromatic nitrogens is 3. The predicted octanol–water partition coefficient (Wildman–Crippen LogP) is 4.20. The van der Waals surface area contributed by atoms with Crippen LogP contribution >= 0.6 is 0 Å². The number of nitrogens with one attached hydrogen (secondary N) is 1. The Hall–Kier alpha value is -3.72. The minimum absolute atomic E-state index is 0.206. The van der Waals surface area contributed by atoms with Gasteiger partial charge in [-0.15, -0.1) is 0 Å². The van der Waals surface area contributed by atoms with E-state index in [0.717, 1.165) is 11.8 Å². The minimum Gasteiger partial charge on any atom is -0.457 e. The lowest BCUT2D eigenvalue weighted by Crippen LogP contribution is -2.02. The number of ether oxygens (including phenoxy) is 2. The van der Waals surface area contributed by atoms with E-state index in [0.29, 0.717) is 46.9 Å². The van der Waals surface area contributed by atoms with Gasteiger partial charge in [-0.3, -0.25) is 9.78 Å². The van der Waals surface area contributed by atoms with Crippen molar-refractivity contribution in [2.45, 2.75) is 23.8 Å². The Morgan fingerprint density at radius 2 is 1.94 bits per heavy atom. The number of fused-ring (bicyclic) bond motifs is 1. The van der Waals surface area contributed by atoms with Crippen molar-refractivity contribution >= 4 is 26.8 Å². The van der Waals surface area contributed by atoms with Crippen molar-refractivity contribution < 1.29 is 22.7 Å². The fourth-order valence-corrected chi connectivity index (χ4v) is 4.28. The summed E-state index contributed by atoms with van der Waals surface area (Å²) in [5, 5.41) is 0. The van der Waals surface area contributed by atoms with Crippen molar-refractivity contribution in [3.05, 3.63) is 66.4 Å². The number of rotatable bonds is 5. The van der Waals surface area contributed by atoms with Gasteiger partial charge in [-0.1, -0.05) is 6.07 Å². The Kier molecular flexibility index (Phi) is 4.90. The lowest BCUT2D eigenvalue weighted by molar-refractivity contribution is -0.141. The standard InChI is InChI=1S/C23H19N3O5S/c1-32(28,29)15-7-5-14(6-8-15)30-21-13-19-18(12-16(21)20-9-10-22(27)31-20)25-23(26-19)17-4-2-3-11-24-17/h2-8,11-13,20H,9-10H2,1H3,(H,25,26). The first-order valence-corrected chi connectivity index (χ1v) is 11.9. The van der Waals surface area contributed by atoms with Crippen LogP contribution in [-0.4, -0.2) is 35.6 Å². The van der Waals surface area contributed by atoms with Crippen molar-refractivity contribution in [3.8, 4) is 23.0 Å². The number of pyridine rings is 1. The quantitative estimate of drug-likeness (QED) is 0.455. The Balaban J connectivity index is 1.56. The van der Waals surface area contributed by atoms with Gasteiger partial charge >= 0.3 is 5.97 Å². The normalized spacial score (nSPS) is 16.3. The molecule has 1 fully saturated rings. The molecular weight excluding hydrogens is 430 g/mol. The highest BCUT2D eigenvalue weighted by Gasteiger charge is 2.29. The van der Waals surface area contributed by atoms with Gasteiger partial charge in [0.05, 0.1) is 15.9 Å². The van der Waals surface area contributed by atoms with Crippen molar-refractivity contribution in [1.82, 2.24) is 15.0 Å². The van der Waals surface area contributed by atoms with Crippen molar-refractivity contribution in [3.63, 3.8) is 0 Å². The van der Waals surface area contributed by atoms with Crippen molar-refractivity contribution in [2.75, 3.05) is 6.26 Å². The summed E-state index contributed by atoms with van der Waals surface area (Å²) in [7, 11) is -3.31. The summed E-state index contributed by atoms with van der Waals surface area (Å²) < 4.78 is 35.0. The lowest BCUT2D eigenvalue weighted by Gasteiger charge is -2.16. The van der Waals surface area contributed by atoms with Gasteiger partial charge in [0.15, 0.2) is 15.7 Å². The Morgan fingerprint density at radius 1 is 1.12 bits per heavy atom. The molecule has 2 aromatic carbocycles.